The van der Waals surface area contributed by atoms with E-state index < -0.39 is 17.4 Å². The Morgan fingerprint density at radius 3 is 2.15 bits per heavy atom. The van der Waals surface area contributed by atoms with Crippen molar-refractivity contribution in [2.75, 3.05) is 21.0 Å². The number of carbonyl (C=O) groups excluding carboxylic acids is 2. The second-order valence-corrected chi connectivity index (χ2v) is 6.09. The average Bonchev–Trinajstić information content (AvgIpc) is 3.14. The molecule has 0 amide bonds. The van der Waals surface area contributed by atoms with E-state index in [0.717, 1.165) is 11.1 Å². The normalized spacial score (nSPS) is 12.5. The highest BCUT2D eigenvalue weighted by molar-refractivity contribution is 6.00. The topological polar surface area (TPSA) is 71.1 Å². The van der Waals surface area contributed by atoms with Crippen molar-refractivity contribution in [2.24, 2.45) is 5.41 Å². The van der Waals surface area contributed by atoms with Crippen LogP contribution in [-0.2, 0) is 31.9 Å². The molecule has 0 spiro atoms. The van der Waals surface area contributed by atoms with Crippen LogP contribution < -0.4 is 9.47 Å². The first-order valence-corrected chi connectivity index (χ1v) is 8.18. The van der Waals surface area contributed by atoms with E-state index in [1.54, 1.807) is 18.2 Å². The largest absolute Gasteiger partial charge is 0.468 e. The zero-order valence-electron chi connectivity index (χ0n) is 14.7. The van der Waals surface area contributed by atoms with Crippen molar-refractivity contribution in [3.8, 4) is 11.5 Å². The van der Waals surface area contributed by atoms with Gasteiger partial charge in [-0.05, 0) is 36.1 Å². The predicted octanol–water partition coefficient (Wildman–Crippen LogP) is 2.53. The molecule has 136 valence electrons. The van der Waals surface area contributed by atoms with Crippen molar-refractivity contribution in [3.05, 3.63) is 59.7 Å². The van der Waals surface area contributed by atoms with Crippen LogP contribution in [-0.4, -0.2) is 33.0 Å². The fraction of sp³-hybridized carbons (Fsp3) is 0.300. The molecule has 0 aliphatic carbocycles. The first-order chi connectivity index (χ1) is 12.6. The molecule has 0 fully saturated rings. The summed E-state index contributed by atoms with van der Waals surface area (Å²) in [7, 11) is 2.54. The molecule has 0 saturated heterocycles. The minimum atomic E-state index is -1.49. The molecule has 6 heteroatoms. The monoisotopic (exact) mass is 356 g/mol. The number of hydrogen-bond acceptors (Lipinski definition) is 6. The van der Waals surface area contributed by atoms with Crippen LogP contribution in [0.4, 0.5) is 0 Å². The second-order valence-electron chi connectivity index (χ2n) is 6.09. The standard InChI is InChI=1S/C20H20O6/c1-23-18(21)20(19(22)24-2,11-14-6-4-3-5-7-14)12-15-8-9-16-17(10-15)26-13-25-16/h3-10H,11-13H2,1-2H3. The molecular formula is C20H20O6. The average molecular weight is 356 g/mol. The summed E-state index contributed by atoms with van der Waals surface area (Å²) in [6, 6.07) is 14.6. The number of rotatable bonds is 6. The van der Waals surface area contributed by atoms with E-state index in [1.807, 2.05) is 30.3 Å². The first-order valence-electron chi connectivity index (χ1n) is 8.18. The van der Waals surface area contributed by atoms with Gasteiger partial charge in [0.25, 0.3) is 0 Å². The van der Waals surface area contributed by atoms with Crippen molar-refractivity contribution < 1.29 is 28.5 Å². The second kappa shape index (κ2) is 7.47. The molecule has 0 bridgehead atoms. The predicted molar refractivity (Wildman–Crippen MR) is 92.9 cm³/mol. The zero-order chi connectivity index (χ0) is 18.6. The van der Waals surface area contributed by atoms with Crippen molar-refractivity contribution in [1.29, 1.82) is 0 Å². The van der Waals surface area contributed by atoms with E-state index in [4.69, 9.17) is 18.9 Å². The molecule has 1 heterocycles. The Hall–Kier alpha value is -3.02. The summed E-state index contributed by atoms with van der Waals surface area (Å²) in [5.41, 5.74) is 0.100. The van der Waals surface area contributed by atoms with Gasteiger partial charge in [-0.2, -0.15) is 0 Å². The Morgan fingerprint density at radius 2 is 1.50 bits per heavy atom. The summed E-state index contributed by atoms with van der Waals surface area (Å²) in [5, 5.41) is 0. The lowest BCUT2D eigenvalue weighted by Crippen LogP contribution is -2.45. The van der Waals surface area contributed by atoms with Crippen molar-refractivity contribution in [1.82, 2.24) is 0 Å². The van der Waals surface area contributed by atoms with E-state index >= 15 is 0 Å². The van der Waals surface area contributed by atoms with Crippen LogP contribution in [0.2, 0.25) is 0 Å². The van der Waals surface area contributed by atoms with Gasteiger partial charge in [0.2, 0.25) is 6.79 Å². The number of benzene rings is 2. The lowest BCUT2D eigenvalue weighted by molar-refractivity contribution is -0.169. The summed E-state index contributed by atoms with van der Waals surface area (Å²) < 4.78 is 20.7. The maximum Gasteiger partial charge on any atom is 0.323 e. The smallest absolute Gasteiger partial charge is 0.323 e. The summed E-state index contributed by atoms with van der Waals surface area (Å²) in [4.78, 5) is 25.4. The van der Waals surface area contributed by atoms with Crippen LogP contribution in [0.5, 0.6) is 11.5 Å². The molecule has 0 radical (unpaired) electrons. The third-order valence-electron chi connectivity index (χ3n) is 4.44. The van der Waals surface area contributed by atoms with Gasteiger partial charge in [0, 0.05) is 0 Å². The quantitative estimate of drug-likeness (QED) is 0.585. The lowest BCUT2D eigenvalue weighted by atomic mass is 9.76. The van der Waals surface area contributed by atoms with Crippen molar-refractivity contribution >= 4 is 11.9 Å². The highest BCUT2D eigenvalue weighted by Crippen LogP contribution is 2.37. The molecular weight excluding hydrogens is 336 g/mol. The van der Waals surface area contributed by atoms with Gasteiger partial charge >= 0.3 is 11.9 Å². The number of carbonyl (C=O) groups is 2. The molecule has 26 heavy (non-hydrogen) atoms. The first kappa shape index (κ1) is 17.8. The van der Waals surface area contributed by atoms with E-state index in [9.17, 15) is 9.59 Å². The number of fused-ring (bicyclic) bond motifs is 1. The minimum Gasteiger partial charge on any atom is -0.468 e. The lowest BCUT2D eigenvalue weighted by Gasteiger charge is -2.28. The molecule has 2 aromatic carbocycles. The van der Waals surface area contributed by atoms with Crippen molar-refractivity contribution in [3.63, 3.8) is 0 Å². The molecule has 0 N–H and O–H groups in total. The summed E-state index contributed by atoms with van der Waals surface area (Å²) >= 11 is 0. The van der Waals surface area contributed by atoms with E-state index in [0.29, 0.717) is 11.5 Å². The highest BCUT2D eigenvalue weighted by atomic mass is 16.7. The molecule has 1 aliphatic heterocycles. The van der Waals surface area contributed by atoms with Crippen LogP contribution in [0.3, 0.4) is 0 Å². The Balaban J connectivity index is 2.00. The van der Waals surface area contributed by atoms with Gasteiger partial charge in [0.15, 0.2) is 16.9 Å². The number of esters is 2. The van der Waals surface area contributed by atoms with Gasteiger partial charge in [-0.1, -0.05) is 36.4 Å². The third kappa shape index (κ3) is 3.35. The number of methoxy groups -OCH3 is 2. The fourth-order valence-corrected chi connectivity index (χ4v) is 3.17. The molecule has 2 aromatic rings. The van der Waals surface area contributed by atoms with Gasteiger partial charge in [0.05, 0.1) is 14.2 Å². The molecule has 0 aromatic heterocycles. The molecule has 0 unspecified atom stereocenters. The summed E-state index contributed by atoms with van der Waals surface area (Å²) in [5.74, 6) is -0.0406. The maximum absolute atomic E-state index is 12.7. The van der Waals surface area contributed by atoms with Crippen molar-refractivity contribution in [2.45, 2.75) is 12.8 Å². The molecule has 0 atom stereocenters. The SMILES string of the molecule is COC(=O)C(Cc1ccccc1)(Cc1ccc2c(c1)OCO2)C(=O)OC. The Bertz CT molecular complexity index is 783. The minimum absolute atomic E-state index is 0.123. The Kier molecular flexibility index (Phi) is 5.11. The highest BCUT2D eigenvalue weighted by Gasteiger charge is 2.48. The van der Waals surface area contributed by atoms with E-state index in [-0.39, 0.29) is 19.6 Å². The number of ether oxygens (including phenoxy) is 4. The Labute approximate surface area is 151 Å². The van der Waals surface area contributed by atoms with E-state index in [2.05, 4.69) is 0 Å². The molecule has 3 rings (SSSR count). The van der Waals surface area contributed by atoms with E-state index in [1.165, 1.54) is 14.2 Å². The molecule has 6 nitrogen and oxygen atoms in total. The molecule has 1 aliphatic rings. The van der Waals surface area contributed by atoms with Crippen LogP contribution in [0.1, 0.15) is 11.1 Å². The Morgan fingerprint density at radius 1 is 0.885 bits per heavy atom. The third-order valence-corrected chi connectivity index (χ3v) is 4.44. The summed E-state index contributed by atoms with van der Waals surface area (Å²) in [6.45, 7) is 0.155. The van der Waals surface area contributed by atoms with Gasteiger partial charge in [-0.3, -0.25) is 9.59 Å². The van der Waals surface area contributed by atoms with Crippen LogP contribution in [0.25, 0.3) is 0 Å². The van der Waals surface area contributed by atoms with Crippen LogP contribution in [0, 0.1) is 5.41 Å². The van der Waals surface area contributed by atoms with Gasteiger partial charge in [0.1, 0.15) is 0 Å². The summed E-state index contributed by atoms with van der Waals surface area (Å²) in [6.07, 6.45) is 0.291. The van der Waals surface area contributed by atoms with Gasteiger partial charge < -0.3 is 18.9 Å². The number of hydrogen-bond donors (Lipinski definition) is 0. The zero-order valence-corrected chi connectivity index (χ0v) is 14.7. The fourth-order valence-electron chi connectivity index (χ4n) is 3.17. The maximum atomic E-state index is 12.7. The molecule has 0 saturated carbocycles. The van der Waals surface area contributed by atoms with Crippen LogP contribution >= 0.6 is 0 Å². The van der Waals surface area contributed by atoms with Gasteiger partial charge in [-0.15, -0.1) is 0 Å². The van der Waals surface area contributed by atoms with Gasteiger partial charge in [-0.25, -0.2) is 0 Å². The van der Waals surface area contributed by atoms with Crippen LogP contribution in [0.15, 0.2) is 48.5 Å².